The van der Waals surface area contributed by atoms with Crippen LogP contribution in [0.25, 0.3) is 0 Å². The average Bonchev–Trinajstić information content (AvgIpc) is 2.10. The van der Waals surface area contributed by atoms with Gasteiger partial charge in [-0.15, -0.1) is 0 Å². The van der Waals surface area contributed by atoms with Crippen molar-refractivity contribution in [3.05, 3.63) is 20.2 Å². The van der Waals surface area contributed by atoms with Crippen LogP contribution in [-0.2, 0) is 0 Å². The molecule has 0 aliphatic rings. The molecule has 5 nitrogen and oxygen atoms in total. The molecule has 0 aromatic carbocycles. The van der Waals surface area contributed by atoms with Crippen molar-refractivity contribution in [2.75, 3.05) is 19.1 Å². The Balaban J connectivity index is 3.29. The standard InChI is InChI=1S/C4H7N3O2S/c1-6(2)7-3(8)5-4(9)10-7/h1-2H3,(H,5,8,9). The van der Waals surface area contributed by atoms with Crippen molar-refractivity contribution in [3.8, 4) is 0 Å². The number of rotatable bonds is 1. The molecule has 1 heterocycles. The van der Waals surface area contributed by atoms with Gasteiger partial charge in [0.05, 0.1) is 0 Å². The highest BCUT2D eigenvalue weighted by atomic mass is 32.1. The summed E-state index contributed by atoms with van der Waals surface area (Å²) in [6.45, 7) is 0. The summed E-state index contributed by atoms with van der Waals surface area (Å²) in [5, 5.41) is 1.53. The van der Waals surface area contributed by atoms with Gasteiger partial charge in [0.2, 0.25) is 0 Å². The summed E-state index contributed by atoms with van der Waals surface area (Å²) in [5.41, 5.74) is -0.389. The van der Waals surface area contributed by atoms with Crippen LogP contribution in [0.1, 0.15) is 0 Å². The van der Waals surface area contributed by atoms with Crippen LogP contribution in [0.3, 0.4) is 0 Å². The first-order chi connectivity index (χ1) is 4.61. The second-order valence-electron chi connectivity index (χ2n) is 1.93. The van der Waals surface area contributed by atoms with Gasteiger partial charge in [-0.25, -0.2) is 4.79 Å². The molecule has 10 heavy (non-hydrogen) atoms. The third kappa shape index (κ3) is 1.10. The molecule has 0 radical (unpaired) electrons. The molecule has 1 aromatic heterocycles. The lowest BCUT2D eigenvalue weighted by molar-refractivity contribution is 0.755. The summed E-state index contributed by atoms with van der Waals surface area (Å²) in [7, 11) is 3.37. The largest absolute Gasteiger partial charge is 0.357 e. The molecule has 0 bridgehead atoms. The van der Waals surface area contributed by atoms with E-state index >= 15 is 0 Å². The molecule has 0 aliphatic heterocycles. The Morgan fingerprint density at radius 3 is 2.30 bits per heavy atom. The predicted molar refractivity (Wildman–Crippen MR) is 39.3 cm³/mol. The lowest BCUT2D eigenvalue weighted by atomic mass is 11.1. The van der Waals surface area contributed by atoms with Crippen LogP contribution >= 0.6 is 11.5 Å². The van der Waals surface area contributed by atoms with Gasteiger partial charge in [0, 0.05) is 25.6 Å². The fourth-order valence-electron chi connectivity index (χ4n) is 0.541. The Morgan fingerprint density at radius 1 is 1.50 bits per heavy atom. The molecular formula is C4H7N3O2S. The van der Waals surface area contributed by atoms with Crippen LogP contribution in [0.5, 0.6) is 0 Å². The van der Waals surface area contributed by atoms with Crippen molar-refractivity contribution in [1.82, 2.24) is 9.05 Å². The molecule has 1 rings (SSSR count). The van der Waals surface area contributed by atoms with E-state index in [1.807, 2.05) is 0 Å². The van der Waals surface area contributed by atoms with E-state index in [9.17, 15) is 9.59 Å². The molecule has 56 valence electrons. The Hall–Kier alpha value is -1.04. The second kappa shape index (κ2) is 2.30. The highest BCUT2D eigenvalue weighted by molar-refractivity contribution is 7.03. The van der Waals surface area contributed by atoms with Crippen LogP contribution in [0, 0.1) is 0 Å². The molecule has 0 fully saturated rings. The maximum atomic E-state index is 10.8. The number of nitrogens with one attached hydrogen (secondary N) is 1. The van der Waals surface area contributed by atoms with Crippen LogP contribution in [0.4, 0.5) is 0 Å². The Morgan fingerprint density at radius 2 is 2.10 bits per heavy atom. The molecule has 0 unspecified atom stereocenters. The first-order valence-electron chi connectivity index (χ1n) is 2.61. The normalized spacial score (nSPS) is 9.80. The second-order valence-corrected chi connectivity index (χ2v) is 2.83. The molecule has 0 atom stereocenters. The molecule has 0 spiro atoms. The van der Waals surface area contributed by atoms with Gasteiger partial charge in [-0.05, 0) is 0 Å². The monoisotopic (exact) mass is 161 g/mol. The Bertz CT molecular complexity index is 320. The van der Waals surface area contributed by atoms with E-state index in [4.69, 9.17) is 0 Å². The number of aromatic amines is 1. The number of hydrogen-bond acceptors (Lipinski definition) is 4. The first kappa shape index (κ1) is 7.07. The van der Waals surface area contributed by atoms with E-state index in [1.54, 1.807) is 14.1 Å². The smallest absolute Gasteiger partial charge is 0.305 e. The molecule has 0 amide bonds. The number of nitrogens with zero attached hydrogens (tertiary/aromatic N) is 2. The highest BCUT2D eigenvalue weighted by Crippen LogP contribution is 1.79. The SMILES string of the molecule is CN(C)n1sc(=O)[nH]c1=O. The summed E-state index contributed by atoms with van der Waals surface area (Å²) in [4.78, 5) is 23.1. The summed E-state index contributed by atoms with van der Waals surface area (Å²) < 4.78 is 1.24. The molecule has 0 saturated carbocycles. The van der Waals surface area contributed by atoms with Gasteiger partial charge < -0.3 is 5.01 Å². The minimum Gasteiger partial charge on any atom is -0.305 e. The minimum absolute atomic E-state index is 0.335. The number of H-pyrrole nitrogens is 1. The van der Waals surface area contributed by atoms with Crippen molar-refractivity contribution in [1.29, 1.82) is 0 Å². The van der Waals surface area contributed by atoms with Crippen LogP contribution in [0.15, 0.2) is 9.59 Å². The molecule has 0 aliphatic carbocycles. The van der Waals surface area contributed by atoms with Crippen LogP contribution < -0.4 is 15.6 Å². The lowest BCUT2D eigenvalue weighted by Gasteiger charge is -2.08. The van der Waals surface area contributed by atoms with E-state index in [1.165, 1.54) is 9.07 Å². The maximum absolute atomic E-state index is 10.8. The zero-order valence-electron chi connectivity index (χ0n) is 5.62. The fraction of sp³-hybridized carbons (Fsp3) is 0.500. The fourth-order valence-corrected chi connectivity index (χ4v) is 1.12. The van der Waals surface area contributed by atoms with E-state index < -0.39 is 0 Å². The van der Waals surface area contributed by atoms with Crippen molar-refractivity contribution in [3.63, 3.8) is 0 Å². The Kier molecular flexibility index (Phi) is 1.62. The molecule has 1 aromatic rings. The van der Waals surface area contributed by atoms with Crippen LogP contribution in [-0.4, -0.2) is 23.1 Å². The summed E-state index contributed by atoms with van der Waals surface area (Å²) in [6, 6.07) is 0. The predicted octanol–water partition coefficient (Wildman–Crippen LogP) is -1.20. The van der Waals surface area contributed by atoms with Gasteiger partial charge in [-0.2, -0.15) is 4.07 Å². The zero-order chi connectivity index (χ0) is 7.72. The summed E-state index contributed by atoms with van der Waals surface area (Å²) in [5.74, 6) is 0. The number of hydrogen-bond donors (Lipinski definition) is 1. The third-order valence-electron chi connectivity index (χ3n) is 0.915. The minimum atomic E-state index is -0.389. The quantitative estimate of drug-likeness (QED) is 0.562. The molecule has 6 heteroatoms. The lowest BCUT2D eigenvalue weighted by Crippen LogP contribution is -2.32. The Labute approximate surface area is 60.6 Å². The van der Waals surface area contributed by atoms with Gasteiger partial charge in [0.1, 0.15) is 0 Å². The van der Waals surface area contributed by atoms with E-state index in [0.717, 1.165) is 11.5 Å². The zero-order valence-corrected chi connectivity index (χ0v) is 6.44. The van der Waals surface area contributed by atoms with E-state index in [2.05, 4.69) is 4.98 Å². The molecule has 0 saturated heterocycles. The average molecular weight is 161 g/mol. The van der Waals surface area contributed by atoms with Crippen molar-refractivity contribution in [2.24, 2.45) is 0 Å². The topological polar surface area (TPSA) is 58.1 Å². The summed E-state index contributed by atoms with van der Waals surface area (Å²) in [6.07, 6.45) is 0. The summed E-state index contributed by atoms with van der Waals surface area (Å²) >= 11 is 0.841. The third-order valence-corrected chi connectivity index (χ3v) is 1.85. The van der Waals surface area contributed by atoms with Gasteiger partial charge in [0.15, 0.2) is 0 Å². The van der Waals surface area contributed by atoms with E-state index in [-0.39, 0.29) is 10.6 Å². The van der Waals surface area contributed by atoms with Crippen molar-refractivity contribution in [2.45, 2.75) is 0 Å². The molecule has 1 N–H and O–H groups in total. The van der Waals surface area contributed by atoms with Gasteiger partial charge >= 0.3 is 10.6 Å². The maximum Gasteiger partial charge on any atom is 0.357 e. The molecular weight excluding hydrogens is 154 g/mol. The van der Waals surface area contributed by atoms with Crippen LogP contribution in [0.2, 0.25) is 0 Å². The van der Waals surface area contributed by atoms with Crippen molar-refractivity contribution >= 4 is 11.5 Å². The van der Waals surface area contributed by atoms with Gasteiger partial charge in [-0.3, -0.25) is 9.78 Å². The van der Waals surface area contributed by atoms with Crippen molar-refractivity contribution < 1.29 is 0 Å². The first-order valence-corrected chi connectivity index (χ1v) is 3.39. The van der Waals surface area contributed by atoms with Gasteiger partial charge in [0.25, 0.3) is 0 Å². The van der Waals surface area contributed by atoms with E-state index in [0.29, 0.717) is 0 Å². The number of aromatic nitrogens is 2. The van der Waals surface area contributed by atoms with Gasteiger partial charge in [-0.1, -0.05) is 0 Å². The highest BCUT2D eigenvalue weighted by Gasteiger charge is 2.00.